The molecular weight excluding hydrogens is 237 g/mol. The molecule has 1 atom stereocenters. The van der Waals surface area contributed by atoms with E-state index in [1.165, 1.54) is 0 Å². The molecule has 2 heterocycles. The van der Waals surface area contributed by atoms with Gasteiger partial charge in [0.25, 0.3) is 5.92 Å². The maximum absolute atomic E-state index is 13.3. The number of pyridine rings is 1. The average molecular weight is 244 g/mol. The molecule has 0 radical (unpaired) electrons. The Labute approximate surface area is 94.0 Å². The molecular formula is C10H7F3N2O2. The standard InChI is InChI=1S/C10H7F3N2O2/c11-6-1-7(4-14-3-6)15-8(5-16)10(12,13)2-9(15)17/h1,3-5,8H,2H2. The van der Waals surface area contributed by atoms with Crippen LogP contribution in [0.15, 0.2) is 18.5 Å². The predicted octanol–water partition coefficient (Wildman–Crippen LogP) is 1.16. The van der Waals surface area contributed by atoms with Crippen LogP contribution in [0.5, 0.6) is 0 Å². The molecule has 1 aromatic rings. The molecule has 0 saturated carbocycles. The van der Waals surface area contributed by atoms with Crippen LogP contribution in [0.25, 0.3) is 0 Å². The van der Waals surface area contributed by atoms with E-state index in [1.807, 2.05) is 0 Å². The number of anilines is 1. The summed E-state index contributed by atoms with van der Waals surface area (Å²) in [5.74, 6) is -5.14. The molecule has 90 valence electrons. The Morgan fingerprint density at radius 2 is 2.18 bits per heavy atom. The van der Waals surface area contributed by atoms with E-state index < -0.39 is 30.1 Å². The summed E-state index contributed by atoms with van der Waals surface area (Å²) in [6.45, 7) is 0. The number of alkyl halides is 2. The second-order valence-corrected chi connectivity index (χ2v) is 3.64. The Balaban J connectivity index is 2.44. The molecule has 0 spiro atoms. The molecule has 1 fully saturated rings. The summed E-state index contributed by atoms with van der Waals surface area (Å²) < 4.78 is 39.5. The zero-order valence-corrected chi connectivity index (χ0v) is 8.44. The van der Waals surface area contributed by atoms with Gasteiger partial charge >= 0.3 is 0 Å². The quantitative estimate of drug-likeness (QED) is 0.733. The Hall–Kier alpha value is -1.92. The topological polar surface area (TPSA) is 50.3 Å². The van der Waals surface area contributed by atoms with Gasteiger partial charge < -0.3 is 4.79 Å². The first-order valence-electron chi connectivity index (χ1n) is 4.71. The largest absolute Gasteiger partial charge is 0.301 e. The molecule has 1 aromatic heterocycles. The monoisotopic (exact) mass is 244 g/mol. The molecule has 2 rings (SSSR count). The van der Waals surface area contributed by atoms with Crippen molar-refractivity contribution in [3.8, 4) is 0 Å². The molecule has 1 aliphatic rings. The van der Waals surface area contributed by atoms with Gasteiger partial charge in [0.05, 0.1) is 24.5 Å². The Morgan fingerprint density at radius 1 is 1.47 bits per heavy atom. The number of amides is 1. The van der Waals surface area contributed by atoms with Crippen molar-refractivity contribution in [2.75, 3.05) is 4.90 Å². The smallest absolute Gasteiger partial charge is 0.283 e. The van der Waals surface area contributed by atoms with Crippen LogP contribution in [0.3, 0.4) is 0 Å². The third-order valence-corrected chi connectivity index (χ3v) is 2.46. The number of aromatic nitrogens is 1. The maximum Gasteiger partial charge on any atom is 0.283 e. The average Bonchev–Trinajstić information content (AvgIpc) is 2.47. The normalized spacial score (nSPS) is 22.9. The van der Waals surface area contributed by atoms with Crippen molar-refractivity contribution in [2.45, 2.75) is 18.4 Å². The van der Waals surface area contributed by atoms with Crippen molar-refractivity contribution < 1.29 is 22.8 Å². The molecule has 17 heavy (non-hydrogen) atoms. The van der Waals surface area contributed by atoms with E-state index in [4.69, 9.17) is 0 Å². The highest BCUT2D eigenvalue weighted by Crippen LogP contribution is 2.36. The number of carbonyl (C=O) groups is 2. The van der Waals surface area contributed by atoms with Gasteiger partial charge in [0.1, 0.15) is 12.1 Å². The highest BCUT2D eigenvalue weighted by Gasteiger charge is 2.54. The third kappa shape index (κ3) is 1.88. The van der Waals surface area contributed by atoms with Gasteiger partial charge in [0, 0.05) is 6.07 Å². The van der Waals surface area contributed by atoms with E-state index in [1.54, 1.807) is 0 Å². The van der Waals surface area contributed by atoms with Crippen LogP contribution in [-0.2, 0) is 9.59 Å². The van der Waals surface area contributed by atoms with Crippen LogP contribution in [0, 0.1) is 5.82 Å². The number of carbonyl (C=O) groups excluding carboxylic acids is 2. The van der Waals surface area contributed by atoms with Gasteiger partial charge in [-0.05, 0) is 0 Å². The van der Waals surface area contributed by atoms with Crippen molar-refractivity contribution in [1.82, 2.24) is 4.98 Å². The van der Waals surface area contributed by atoms with Crippen LogP contribution >= 0.6 is 0 Å². The lowest BCUT2D eigenvalue weighted by molar-refractivity contribution is -0.119. The van der Waals surface area contributed by atoms with E-state index in [0.717, 1.165) is 18.5 Å². The summed E-state index contributed by atoms with van der Waals surface area (Å²) in [4.78, 5) is 26.1. The van der Waals surface area contributed by atoms with E-state index in [9.17, 15) is 22.8 Å². The minimum Gasteiger partial charge on any atom is -0.301 e. The maximum atomic E-state index is 13.3. The highest BCUT2D eigenvalue weighted by atomic mass is 19.3. The second kappa shape index (κ2) is 3.83. The first kappa shape index (κ1) is 11.6. The Kier molecular flexibility index (Phi) is 2.60. The lowest BCUT2D eigenvalue weighted by Gasteiger charge is -2.22. The van der Waals surface area contributed by atoms with Crippen LogP contribution in [0.1, 0.15) is 6.42 Å². The summed E-state index contributed by atoms with van der Waals surface area (Å²) in [6, 6.07) is -1.03. The highest BCUT2D eigenvalue weighted by molar-refractivity contribution is 6.01. The van der Waals surface area contributed by atoms with E-state index >= 15 is 0 Å². The molecule has 7 heteroatoms. The number of hydrogen-bond acceptors (Lipinski definition) is 3. The molecule has 4 nitrogen and oxygen atoms in total. The molecule has 1 amide bonds. The van der Waals surface area contributed by atoms with Crippen LogP contribution < -0.4 is 4.90 Å². The summed E-state index contributed by atoms with van der Waals surface area (Å²) in [5, 5.41) is 0. The first-order chi connectivity index (χ1) is 7.95. The van der Waals surface area contributed by atoms with Gasteiger partial charge in [-0.2, -0.15) is 0 Å². The van der Waals surface area contributed by atoms with E-state index in [2.05, 4.69) is 4.98 Å². The van der Waals surface area contributed by atoms with Gasteiger partial charge in [-0.1, -0.05) is 0 Å². The van der Waals surface area contributed by atoms with E-state index in [0.29, 0.717) is 4.90 Å². The lowest BCUT2D eigenvalue weighted by Crippen LogP contribution is -2.41. The summed E-state index contributed by atoms with van der Waals surface area (Å²) >= 11 is 0. The summed E-state index contributed by atoms with van der Waals surface area (Å²) in [7, 11) is 0. The minimum atomic E-state index is -3.44. The third-order valence-electron chi connectivity index (χ3n) is 2.46. The van der Waals surface area contributed by atoms with Crippen molar-refractivity contribution in [2.24, 2.45) is 0 Å². The van der Waals surface area contributed by atoms with Gasteiger partial charge in [0.15, 0.2) is 6.04 Å². The fourth-order valence-corrected chi connectivity index (χ4v) is 1.73. The zero-order chi connectivity index (χ0) is 12.6. The predicted molar refractivity (Wildman–Crippen MR) is 51.1 cm³/mol. The molecule has 0 aromatic carbocycles. The summed E-state index contributed by atoms with van der Waals surface area (Å²) in [5.41, 5.74) is -0.149. The van der Waals surface area contributed by atoms with Crippen LogP contribution in [0.2, 0.25) is 0 Å². The van der Waals surface area contributed by atoms with Gasteiger partial charge in [0.2, 0.25) is 5.91 Å². The lowest BCUT2D eigenvalue weighted by atomic mass is 10.2. The molecule has 0 bridgehead atoms. The van der Waals surface area contributed by atoms with Gasteiger partial charge in [-0.3, -0.25) is 14.7 Å². The Morgan fingerprint density at radius 3 is 2.76 bits per heavy atom. The van der Waals surface area contributed by atoms with Gasteiger partial charge in [-0.15, -0.1) is 0 Å². The SMILES string of the molecule is O=CC1N(c2cncc(F)c2)C(=O)CC1(F)F. The van der Waals surface area contributed by atoms with Crippen molar-refractivity contribution in [3.63, 3.8) is 0 Å². The van der Waals surface area contributed by atoms with Crippen LogP contribution in [0.4, 0.5) is 18.9 Å². The fraction of sp³-hybridized carbons (Fsp3) is 0.300. The molecule has 0 N–H and O–H groups in total. The van der Waals surface area contributed by atoms with Crippen molar-refractivity contribution in [1.29, 1.82) is 0 Å². The van der Waals surface area contributed by atoms with Crippen LogP contribution in [-0.4, -0.2) is 29.1 Å². The number of aldehydes is 1. The molecule has 1 saturated heterocycles. The number of hydrogen-bond donors (Lipinski definition) is 0. The molecule has 1 unspecified atom stereocenters. The molecule has 0 aliphatic carbocycles. The van der Waals surface area contributed by atoms with E-state index in [-0.39, 0.29) is 12.0 Å². The minimum absolute atomic E-state index is 0.0181. The number of nitrogens with zero attached hydrogens (tertiary/aromatic N) is 2. The second-order valence-electron chi connectivity index (χ2n) is 3.64. The zero-order valence-electron chi connectivity index (χ0n) is 8.44. The van der Waals surface area contributed by atoms with Gasteiger partial charge in [-0.25, -0.2) is 13.2 Å². The van der Waals surface area contributed by atoms with Crippen molar-refractivity contribution >= 4 is 17.9 Å². The van der Waals surface area contributed by atoms with Crippen molar-refractivity contribution in [3.05, 3.63) is 24.3 Å². The Bertz CT molecular complexity index is 478. The first-order valence-corrected chi connectivity index (χ1v) is 4.71. The molecule has 1 aliphatic heterocycles. The fourth-order valence-electron chi connectivity index (χ4n) is 1.73. The number of halogens is 3. The number of rotatable bonds is 2. The summed E-state index contributed by atoms with van der Waals surface area (Å²) in [6.07, 6.45) is 0.847.